The number of imidazole rings is 1. The first kappa shape index (κ1) is 15.0. The molecule has 0 aliphatic rings. The number of nitrogens with one attached hydrogen (secondary N) is 1. The maximum atomic E-state index is 14.1. The second-order valence-corrected chi connectivity index (χ2v) is 5.15. The van der Waals surface area contributed by atoms with E-state index in [4.69, 9.17) is 11.6 Å². The van der Waals surface area contributed by atoms with Crippen LogP contribution in [0.4, 0.5) is 4.39 Å². The minimum atomic E-state index is -0.333. The van der Waals surface area contributed by atoms with Crippen molar-refractivity contribution in [3.63, 3.8) is 0 Å². The average Bonchev–Trinajstić information content (AvgIpc) is 2.84. The summed E-state index contributed by atoms with van der Waals surface area (Å²) < 4.78 is 16.1. The van der Waals surface area contributed by atoms with Crippen molar-refractivity contribution in [1.29, 1.82) is 0 Å². The van der Waals surface area contributed by atoms with E-state index in [2.05, 4.69) is 10.3 Å². The highest BCUT2D eigenvalue weighted by atomic mass is 35.5. The van der Waals surface area contributed by atoms with Gasteiger partial charge < -0.3 is 9.88 Å². The van der Waals surface area contributed by atoms with Crippen molar-refractivity contribution in [2.24, 2.45) is 7.05 Å². The lowest BCUT2D eigenvalue weighted by atomic mass is 10.0. The van der Waals surface area contributed by atoms with Gasteiger partial charge in [0.25, 0.3) is 0 Å². The largest absolute Gasteiger partial charge is 0.338 e. The number of nitrogens with zero attached hydrogens (tertiary/aromatic N) is 2. The van der Waals surface area contributed by atoms with Crippen LogP contribution in [0, 0.1) is 5.82 Å². The van der Waals surface area contributed by atoms with E-state index in [1.165, 1.54) is 0 Å². The molecule has 1 aromatic carbocycles. The van der Waals surface area contributed by atoms with Gasteiger partial charge in [0.2, 0.25) is 0 Å². The van der Waals surface area contributed by atoms with E-state index in [1.54, 1.807) is 24.4 Å². The summed E-state index contributed by atoms with van der Waals surface area (Å²) in [5.41, 5.74) is 0.619. The van der Waals surface area contributed by atoms with Gasteiger partial charge in [-0.1, -0.05) is 30.7 Å². The molecule has 0 fully saturated rings. The van der Waals surface area contributed by atoms with Crippen molar-refractivity contribution in [2.75, 3.05) is 6.54 Å². The van der Waals surface area contributed by atoms with Gasteiger partial charge in [-0.2, -0.15) is 0 Å². The first-order chi connectivity index (χ1) is 9.63. The topological polar surface area (TPSA) is 29.9 Å². The summed E-state index contributed by atoms with van der Waals surface area (Å²) in [5, 5.41) is 3.48. The molecule has 2 aromatic rings. The number of rotatable bonds is 6. The molecular weight excluding hydrogens is 277 g/mol. The summed E-state index contributed by atoms with van der Waals surface area (Å²) in [4.78, 5) is 4.30. The molecule has 1 atom stereocenters. The normalized spacial score (nSPS) is 12.6. The maximum absolute atomic E-state index is 14.1. The van der Waals surface area contributed by atoms with Crippen LogP contribution >= 0.6 is 11.6 Å². The maximum Gasteiger partial charge on any atom is 0.146 e. The SMILES string of the molecule is CCNC(CCc1nccn1C)c1cccc(Cl)c1F. The molecular formula is C15H19ClFN3. The van der Waals surface area contributed by atoms with Crippen LogP contribution in [0.25, 0.3) is 0 Å². The third-order valence-electron chi connectivity index (χ3n) is 3.38. The molecule has 0 aliphatic heterocycles. The Labute approximate surface area is 123 Å². The molecule has 0 saturated carbocycles. The minimum absolute atomic E-state index is 0.0598. The lowest BCUT2D eigenvalue weighted by Gasteiger charge is -2.19. The van der Waals surface area contributed by atoms with E-state index in [-0.39, 0.29) is 16.9 Å². The summed E-state index contributed by atoms with van der Waals surface area (Å²) >= 11 is 5.86. The zero-order valence-electron chi connectivity index (χ0n) is 11.7. The number of hydrogen-bond donors (Lipinski definition) is 1. The molecule has 108 valence electrons. The number of hydrogen-bond acceptors (Lipinski definition) is 2. The number of benzene rings is 1. The van der Waals surface area contributed by atoms with Crippen LogP contribution in [0.5, 0.6) is 0 Å². The molecule has 0 saturated heterocycles. The third-order valence-corrected chi connectivity index (χ3v) is 3.68. The standard InChI is InChI=1S/C15H19ClFN3/c1-3-18-13(7-8-14-19-9-10-20(14)2)11-5-4-6-12(16)15(11)17/h4-6,9-10,13,18H,3,7-8H2,1-2H3. The van der Waals surface area contributed by atoms with Crippen LogP contribution in [-0.4, -0.2) is 16.1 Å². The number of halogens is 2. The van der Waals surface area contributed by atoms with Gasteiger partial charge in [0.05, 0.1) is 5.02 Å². The van der Waals surface area contributed by atoms with Crippen molar-refractivity contribution >= 4 is 11.6 Å². The van der Waals surface area contributed by atoms with Crippen LogP contribution in [0.3, 0.4) is 0 Å². The summed E-state index contributed by atoms with van der Waals surface area (Å²) in [6.07, 6.45) is 5.25. The van der Waals surface area contributed by atoms with Crippen molar-refractivity contribution in [1.82, 2.24) is 14.9 Å². The monoisotopic (exact) mass is 295 g/mol. The first-order valence-electron chi connectivity index (χ1n) is 6.77. The Bertz CT molecular complexity index is 568. The zero-order valence-corrected chi connectivity index (χ0v) is 12.5. The minimum Gasteiger partial charge on any atom is -0.338 e. The lowest BCUT2D eigenvalue weighted by Crippen LogP contribution is -2.23. The van der Waals surface area contributed by atoms with E-state index >= 15 is 0 Å². The van der Waals surface area contributed by atoms with Crippen molar-refractivity contribution in [3.8, 4) is 0 Å². The number of aryl methyl sites for hydroxylation is 2. The zero-order chi connectivity index (χ0) is 14.5. The molecule has 1 N–H and O–H groups in total. The van der Waals surface area contributed by atoms with Crippen LogP contribution in [0.2, 0.25) is 5.02 Å². The Morgan fingerprint density at radius 3 is 2.90 bits per heavy atom. The fraction of sp³-hybridized carbons (Fsp3) is 0.400. The predicted octanol–water partition coefficient (Wildman–Crippen LogP) is 3.50. The molecule has 0 bridgehead atoms. The molecule has 1 aromatic heterocycles. The third kappa shape index (κ3) is 3.38. The highest BCUT2D eigenvalue weighted by Crippen LogP contribution is 2.26. The van der Waals surface area contributed by atoms with Gasteiger partial charge >= 0.3 is 0 Å². The number of aromatic nitrogens is 2. The van der Waals surface area contributed by atoms with Crippen LogP contribution < -0.4 is 5.32 Å². The Kier molecular flexibility index (Phi) is 5.15. The van der Waals surface area contributed by atoms with Crippen molar-refractivity contribution < 1.29 is 4.39 Å². The molecule has 1 unspecified atom stereocenters. The van der Waals surface area contributed by atoms with Gasteiger partial charge in [0.1, 0.15) is 11.6 Å². The molecule has 2 rings (SSSR count). The van der Waals surface area contributed by atoms with Gasteiger partial charge in [0.15, 0.2) is 0 Å². The smallest absolute Gasteiger partial charge is 0.146 e. The second kappa shape index (κ2) is 6.86. The molecule has 0 amide bonds. The lowest BCUT2D eigenvalue weighted by molar-refractivity contribution is 0.479. The summed E-state index contributed by atoms with van der Waals surface area (Å²) in [6, 6.07) is 5.08. The molecule has 0 spiro atoms. The van der Waals surface area contributed by atoms with Gasteiger partial charge in [-0.05, 0) is 19.0 Å². The molecule has 3 nitrogen and oxygen atoms in total. The Morgan fingerprint density at radius 2 is 2.25 bits per heavy atom. The summed E-state index contributed by atoms with van der Waals surface area (Å²) in [6.45, 7) is 2.79. The highest BCUT2D eigenvalue weighted by molar-refractivity contribution is 6.30. The van der Waals surface area contributed by atoms with Gasteiger partial charge in [-0.3, -0.25) is 0 Å². The van der Waals surface area contributed by atoms with E-state index in [0.29, 0.717) is 5.56 Å². The van der Waals surface area contributed by atoms with Crippen molar-refractivity contribution in [2.45, 2.75) is 25.8 Å². The molecule has 5 heteroatoms. The van der Waals surface area contributed by atoms with Crippen LogP contribution in [0.1, 0.15) is 30.8 Å². The molecule has 0 aliphatic carbocycles. The van der Waals surface area contributed by atoms with Gasteiger partial charge in [-0.15, -0.1) is 0 Å². The Morgan fingerprint density at radius 1 is 1.45 bits per heavy atom. The Hall–Kier alpha value is -1.39. The fourth-order valence-corrected chi connectivity index (χ4v) is 2.50. The fourth-order valence-electron chi connectivity index (χ4n) is 2.31. The summed E-state index contributed by atoms with van der Waals surface area (Å²) in [7, 11) is 1.96. The van der Waals surface area contributed by atoms with E-state index < -0.39 is 0 Å². The van der Waals surface area contributed by atoms with Crippen molar-refractivity contribution in [3.05, 3.63) is 52.8 Å². The molecule has 0 radical (unpaired) electrons. The van der Waals surface area contributed by atoms with E-state index in [0.717, 1.165) is 25.2 Å². The van der Waals surface area contributed by atoms with Crippen LogP contribution in [0.15, 0.2) is 30.6 Å². The average molecular weight is 296 g/mol. The molecule has 20 heavy (non-hydrogen) atoms. The van der Waals surface area contributed by atoms with Gasteiger partial charge in [0, 0.05) is 37.5 Å². The molecule has 1 heterocycles. The first-order valence-corrected chi connectivity index (χ1v) is 7.14. The quantitative estimate of drug-likeness (QED) is 0.884. The van der Waals surface area contributed by atoms with E-state index in [1.807, 2.05) is 24.7 Å². The predicted molar refractivity (Wildman–Crippen MR) is 79.4 cm³/mol. The Balaban J connectivity index is 2.14. The highest BCUT2D eigenvalue weighted by Gasteiger charge is 2.17. The van der Waals surface area contributed by atoms with Gasteiger partial charge in [-0.25, -0.2) is 9.37 Å². The van der Waals surface area contributed by atoms with Crippen LogP contribution in [-0.2, 0) is 13.5 Å². The summed E-state index contributed by atoms with van der Waals surface area (Å²) in [5.74, 6) is 0.662. The second-order valence-electron chi connectivity index (χ2n) is 4.75. The van der Waals surface area contributed by atoms with E-state index in [9.17, 15) is 4.39 Å².